The van der Waals surface area contributed by atoms with Crippen molar-refractivity contribution in [1.29, 1.82) is 0 Å². The predicted octanol–water partition coefficient (Wildman–Crippen LogP) is -2.85. The highest BCUT2D eigenvalue weighted by atomic mass is 17.9. The quantitative estimate of drug-likeness (QED) is 0.0676. The van der Waals surface area contributed by atoms with E-state index in [1.165, 1.54) is 0 Å². The molecule has 1 saturated carbocycles. The number of hydrogen-bond acceptors (Lipinski definition) is 17. The van der Waals surface area contributed by atoms with Gasteiger partial charge in [0.25, 0.3) is 0 Å². The summed E-state index contributed by atoms with van der Waals surface area (Å²) in [6.45, 7) is 0.562. The molecule has 0 aromatic carbocycles. The molecule has 18 heteroatoms. The summed E-state index contributed by atoms with van der Waals surface area (Å²) in [5, 5.41) is 82.9. The molecular weight excluding hydrogens is 498 g/mol. The lowest BCUT2D eigenvalue weighted by Gasteiger charge is -2.40. The summed E-state index contributed by atoms with van der Waals surface area (Å²) in [7, 11) is 0. The Hall–Kier alpha value is -1.46. The number of aliphatic hydroxyl groups is 5. The molecule has 36 heavy (non-hydrogen) atoms. The van der Waals surface area contributed by atoms with Crippen LogP contribution in [0.3, 0.4) is 0 Å². The maximum absolute atomic E-state index is 10.0. The highest BCUT2D eigenvalue weighted by Gasteiger charge is 2.44. The zero-order valence-corrected chi connectivity index (χ0v) is 19.1. The summed E-state index contributed by atoms with van der Waals surface area (Å²) in [6, 6.07) is 0. The molecule has 0 radical (unpaired) electrons. The van der Waals surface area contributed by atoms with E-state index in [4.69, 9.17) is 24.4 Å². The van der Waals surface area contributed by atoms with E-state index in [0.29, 0.717) is 31.7 Å². The minimum Gasteiger partial charge on any atom is -0.394 e. The normalized spacial score (nSPS) is 32.5. The first-order valence-corrected chi connectivity index (χ1v) is 11.1. The van der Waals surface area contributed by atoms with Gasteiger partial charge in [-0.3, -0.25) is 4.68 Å². The van der Waals surface area contributed by atoms with Crippen LogP contribution in [-0.2, 0) is 57.4 Å². The topological polar surface area (TPSA) is 235 Å². The zero-order valence-electron chi connectivity index (χ0n) is 19.1. The Bertz CT molecular complexity index is 742. The van der Waals surface area contributed by atoms with Crippen molar-refractivity contribution in [3.63, 3.8) is 0 Å². The first-order chi connectivity index (χ1) is 17.4. The van der Waals surface area contributed by atoms with Crippen molar-refractivity contribution in [2.24, 2.45) is 11.8 Å². The molecule has 0 spiro atoms. The predicted molar refractivity (Wildman–Crippen MR) is 106 cm³/mol. The SMILES string of the molecule is OCC1OC(OCCCOCc2cn(CC3C(O)CC3COOOOOOO)nn2)C(O)C(O)C1O. The molecule has 18 nitrogen and oxygen atoms in total. The van der Waals surface area contributed by atoms with Gasteiger partial charge < -0.3 is 39.7 Å². The standard InChI is InChI=1S/C18H31N3O15/c22-7-14-15(24)16(25)17(26)18(31-14)29-3-1-2-28-9-11-5-21(20-19-11)6-12-10(4-13(12)23)8-30-33-35-36-34-32-27/h5,10,12-18,22-27H,1-4,6-9H2. The van der Waals surface area contributed by atoms with Gasteiger partial charge in [-0.25, -0.2) is 10.1 Å². The Morgan fingerprint density at radius 1 is 1.03 bits per heavy atom. The van der Waals surface area contributed by atoms with E-state index in [0.717, 1.165) is 0 Å². The summed E-state index contributed by atoms with van der Waals surface area (Å²) < 4.78 is 17.8. The summed E-state index contributed by atoms with van der Waals surface area (Å²) in [6.07, 6.45) is -4.52. The van der Waals surface area contributed by atoms with Crippen LogP contribution in [0.1, 0.15) is 18.5 Å². The van der Waals surface area contributed by atoms with Crippen LogP contribution in [-0.4, -0.2) is 109 Å². The molecule has 1 aliphatic carbocycles. The number of ether oxygens (including phenoxy) is 3. The Morgan fingerprint density at radius 3 is 2.58 bits per heavy atom. The van der Waals surface area contributed by atoms with E-state index < -0.39 is 43.4 Å². The number of hydrogen-bond donors (Lipinski definition) is 6. The fraction of sp³-hybridized carbons (Fsp3) is 0.889. The molecule has 2 aliphatic rings. The van der Waals surface area contributed by atoms with Crippen LogP contribution in [0.4, 0.5) is 0 Å². The second-order valence-corrected chi connectivity index (χ2v) is 8.26. The van der Waals surface area contributed by atoms with Crippen LogP contribution in [0.15, 0.2) is 6.20 Å². The first-order valence-electron chi connectivity index (χ1n) is 11.1. The average molecular weight is 529 g/mol. The number of nitrogens with zero attached hydrogens (tertiary/aromatic N) is 3. The zero-order chi connectivity index (χ0) is 25.9. The lowest BCUT2D eigenvalue weighted by molar-refractivity contribution is -0.787. The van der Waals surface area contributed by atoms with Gasteiger partial charge in [-0.05, 0) is 44.0 Å². The van der Waals surface area contributed by atoms with Gasteiger partial charge in [-0.15, -0.1) is 5.10 Å². The maximum Gasteiger partial charge on any atom is 0.186 e. The molecule has 2 heterocycles. The lowest BCUT2D eigenvalue weighted by Crippen LogP contribution is -2.59. The van der Waals surface area contributed by atoms with Crippen molar-refractivity contribution in [1.82, 2.24) is 15.0 Å². The van der Waals surface area contributed by atoms with Gasteiger partial charge in [0.1, 0.15) is 30.1 Å². The smallest absolute Gasteiger partial charge is 0.186 e. The van der Waals surface area contributed by atoms with Crippen LogP contribution in [0.25, 0.3) is 0 Å². The largest absolute Gasteiger partial charge is 0.394 e. The van der Waals surface area contributed by atoms with E-state index in [1.807, 2.05) is 0 Å². The highest BCUT2D eigenvalue weighted by molar-refractivity contribution is 4.93. The molecule has 2 fully saturated rings. The van der Waals surface area contributed by atoms with Gasteiger partial charge in [0, 0.05) is 19.1 Å². The minimum absolute atomic E-state index is 0.0498. The van der Waals surface area contributed by atoms with Crippen molar-refractivity contribution >= 4 is 0 Å². The molecule has 8 unspecified atom stereocenters. The molecule has 3 rings (SSSR count). The molecule has 1 saturated heterocycles. The third kappa shape index (κ3) is 8.28. The summed E-state index contributed by atoms with van der Waals surface area (Å²) >= 11 is 0. The number of aromatic nitrogens is 3. The Kier molecular flexibility index (Phi) is 12.2. The second-order valence-electron chi connectivity index (χ2n) is 8.26. The van der Waals surface area contributed by atoms with Crippen LogP contribution in [0, 0.1) is 11.8 Å². The van der Waals surface area contributed by atoms with Gasteiger partial charge in [-0.2, -0.15) is 0 Å². The molecular formula is C18H31N3O15. The monoisotopic (exact) mass is 529 g/mol. The van der Waals surface area contributed by atoms with E-state index in [9.17, 15) is 25.5 Å². The Balaban J connectivity index is 1.28. The second kappa shape index (κ2) is 15.1. The summed E-state index contributed by atoms with van der Waals surface area (Å²) in [4.78, 5) is 4.75. The lowest BCUT2D eigenvalue weighted by atomic mass is 9.71. The highest BCUT2D eigenvalue weighted by Crippen LogP contribution is 2.36. The van der Waals surface area contributed by atoms with Gasteiger partial charge in [0.15, 0.2) is 6.29 Å². The molecule has 8 atom stereocenters. The fourth-order valence-corrected chi connectivity index (χ4v) is 3.86. The molecule has 1 aromatic rings. The first kappa shape index (κ1) is 29.1. The maximum atomic E-state index is 10.0. The fourth-order valence-electron chi connectivity index (χ4n) is 3.86. The van der Waals surface area contributed by atoms with E-state index in [-0.39, 0.29) is 31.7 Å². The van der Waals surface area contributed by atoms with Crippen molar-refractivity contribution < 1.29 is 75.1 Å². The molecule has 6 N–H and O–H groups in total. The molecule has 0 amide bonds. The van der Waals surface area contributed by atoms with E-state index >= 15 is 0 Å². The van der Waals surface area contributed by atoms with Crippen LogP contribution < -0.4 is 0 Å². The van der Waals surface area contributed by atoms with Crippen molar-refractivity contribution in [2.45, 2.75) is 62.8 Å². The molecule has 1 aromatic heterocycles. The average Bonchev–Trinajstić information content (AvgIpc) is 3.33. The van der Waals surface area contributed by atoms with Crippen LogP contribution >= 0.6 is 0 Å². The molecule has 208 valence electrons. The third-order valence-corrected chi connectivity index (χ3v) is 5.89. The third-order valence-electron chi connectivity index (χ3n) is 5.89. The number of aliphatic hydroxyl groups excluding tert-OH is 5. The van der Waals surface area contributed by atoms with Crippen molar-refractivity contribution in [2.75, 3.05) is 26.4 Å². The van der Waals surface area contributed by atoms with Gasteiger partial charge >= 0.3 is 0 Å². The van der Waals surface area contributed by atoms with Crippen LogP contribution in [0.5, 0.6) is 0 Å². The summed E-state index contributed by atoms with van der Waals surface area (Å²) in [5.41, 5.74) is 0.575. The number of rotatable bonds is 17. The van der Waals surface area contributed by atoms with Crippen molar-refractivity contribution in [3.8, 4) is 0 Å². The van der Waals surface area contributed by atoms with Gasteiger partial charge in [0.05, 0.1) is 38.7 Å². The van der Waals surface area contributed by atoms with E-state index in [2.05, 4.69) is 35.5 Å². The minimum atomic E-state index is -1.49. The summed E-state index contributed by atoms with van der Waals surface area (Å²) in [5.74, 6) is -0.215. The Labute approximate surface area is 203 Å². The van der Waals surface area contributed by atoms with E-state index in [1.54, 1.807) is 10.9 Å². The molecule has 0 bridgehead atoms. The van der Waals surface area contributed by atoms with Gasteiger partial charge in [-0.1, -0.05) is 5.21 Å². The van der Waals surface area contributed by atoms with Crippen molar-refractivity contribution in [3.05, 3.63) is 11.9 Å². The van der Waals surface area contributed by atoms with Crippen LogP contribution in [0.2, 0.25) is 0 Å². The molecule has 1 aliphatic heterocycles. The van der Waals surface area contributed by atoms with Gasteiger partial charge in [0.2, 0.25) is 0 Å². The Morgan fingerprint density at radius 2 is 1.83 bits per heavy atom.